The summed E-state index contributed by atoms with van der Waals surface area (Å²) in [6, 6.07) is 6.29. The van der Waals surface area contributed by atoms with Crippen molar-refractivity contribution in [2.24, 2.45) is 0 Å². The molecule has 1 aromatic rings. The molecule has 4 heteroatoms. The van der Waals surface area contributed by atoms with Gasteiger partial charge in [-0.05, 0) is 30.2 Å². The quantitative estimate of drug-likeness (QED) is 0.808. The fraction of sp³-hybridized carbons (Fsp3) is 0.500. The van der Waals surface area contributed by atoms with Crippen molar-refractivity contribution >= 4 is 5.91 Å². The van der Waals surface area contributed by atoms with Gasteiger partial charge in [0.25, 0.3) is 5.91 Å². The number of fused-ring (bicyclic) bond motifs is 1. The van der Waals surface area contributed by atoms with Gasteiger partial charge >= 0.3 is 0 Å². The second kappa shape index (κ2) is 4.71. The van der Waals surface area contributed by atoms with Crippen molar-refractivity contribution < 1.29 is 9.53 Å². The van der Waals surface area contributed by atoms with Crippen molar-refractivity contribution in [3.05, 3.63) is 34.9 Å². The molecule has 1 fully saturated rings. The van der Waals surface area contributed by atoms with E-state index in [4.69, 9.17) is 4.74 Å². The van der Waals surface area contributed by atoms with Gasteiger partial charge in [0.2, 0.25) is 0 Å². The zero-order chi connectivity index (χ0) is 12.5. The van der Waals surface area contributed by atoms with E-state index in [0.29, 0.717) is 19.3 Å². The molecule has 0 aliphatic carbocycles. The Hall–Kier alpha value is -1.39. The standard InChI is InChI=1S/C14H18N2O2/c1-10-7-16(5-4-15-10)14(17)11-2-3-12-8-18-9-13(12)6-11/h2-3,6,10,15H,4-5,7-9H2,1H3/t10-/m0/s1. The molecule has 1 amide bonds. The molecule has 2 aliphatic heterocycles. The van der Waals surface area contributed by atoms with E-state index in [1.54, 1.807) is 0 Å². The minimum absolute atomic E-state index is 0.137. The van der Waals surface area contributed by atoms with Crippen LogP contribution in [-0.4, -0.2) is 36.5 Å². The zero-order valence-corrected chi connectivity index (χ0v) is 10.6. The number of rotatable bonds is 1. The summed E-state index contributed by atoms with van der Waals surface area (Å²) < 4.78 is 5.38. The molecule has 1 aromatic carbocycles. The Morgan fingerprint density at radius 3 is 3.06 bits per heavy atom. The van der Waals surface area contributed by atoms with E-state index < -0.39 is 0 Å². The van der Waals surface area contributed by atoms with Gasteiger partial charge in [0, 0.05) is 31.2 Å². The summed E-state index contributed by atoms with van der Waals surface area (Å²) >= 11 is 0. The summed E-state index contributed by atoms with van der Waals surface area (Å²) in [6.45, 7) is 5.86. The van der Waals surface area contributed by atoms with Crippen LogP contribution >= 0.6 is 0 Å². The smallest absolute Gasteiger partial charge is 0.253 e. The number of carbonyl (C=O) groups excluding carboxylic acids is 1. The Morgan fingerprint density at radius 1 is 1.39 bits per heavy atom. The maximum absolute atomic E-state index is 12.4. The van der Waals surface area contributed by atoms with Gasteiger partial charge in [0.15, 0.2) is 0 Å². The fourth-order valence-electron chi connectivity index (χ4n) is 2.60. The van der Waals surface area contributed by atoms with E-state index in [1.807, 2.05) is 23.1 Å². The van der Waals surface area contributed by atoms with Crippen molar-refractivity contribution in [3.8, 4) is 0 Å². The molecular formula is C14H18N2O2. The molecule has 1 atom stereocenters. The summed E-state index contributed by atoms with van der Waals surface area (Å²) in [6.07, 6.45) is 0. The van der Waals surface area contributed by atoms with Gasteiger partial charge in [-0.15, -0.1) is 0 Å². The van der Waals surface area contributed by atoms with Gasteiger partial charge in [0.1, 0.15) is 0 Å². The molecule has 4 nitrogen and oxygen atoms in total. The van der Waals surface area contributed by atoms with Crippen LogP contribution in [0.4, 0.5) is 0 Å². The zero-order valence-electron chi connectivity index (χ0n) is 10.6. The molecule has 0 bridgehead atoms. The Balaban J connectivity index is 1.79. The molecule has 1 saturated heterocycles. The van der Waals surface area contributed by atoms with Crippen LogP contribution in [0.1, 0.15) is 28.4 Å². The van der Waals surface area contributed by atoms with E-state index in [2.05, 4.69) is 12.2 Å². The largest absolute Gasteiger partial charge is 0.372 e. The number of nitrogens with zero attached hydrogens (tertiary/aromatic N) is 1. The van der Waals surface area contributed by atoms with Crippen LogP contribution in [0.25, 0.3) is 0 Å². The first-order valence-corrected chi connectivity index (χ1v) is 6.46. The molecule has 18 heavy (non-hydrogen) atoms. The predicted molar refractivity (Wildman–Crippen MR) is 68.3 cm³/mol. The number of ether oxygens (including phenoxy) is 1. The lowest BCUT2D eigenvalue weighted by Gasteiger charge is -2.32. The third kappa shape index (κ3) is 2.13. The van der Waals surface area contributed by atoms with E-state index >= 15 is 0 Å². The Bertz CT molecular complexity index is 473. The molecule has 1 N–H and O–H groups in total. The van der Waals surface area contributed by atoms with Crippen LogP contribution < -0.4 is 5.32 Å². The van der Waals surface area contributed by atoms with Crippen LogP contribution in [0, 0.1) is 0 Å². The van der Waals surface area contributed by atoms with Gasteiger partial charge in [-0.2, -0.15) is 0 Å². The third-order valence-electron chi connectivity index (χ3n) is 3.62. The lowest BCUT2D eigenvalue weighted by atomic mass is 10.0. The Kier molecular flexibility index (Phi) is 3.06. The van der Waals surface area contributed by atoms with Crippen LogP contribution in [0.3, 0.4) is 0 Å². The maximum atomic E-state index is 12.4. The molecule has 0 saturated carbocycles. The highest BCUT2D eigenvalue weighted by Crippen LogP contribution is 2.21. The lowest BCUT2D eigenvalue weighted by Crippen LogP contribution is -2.51. The highest BCUT2D eigenvalue weighted by atomic mass is 16.5. The number of nitrogens with one attached hydrogen (secondary N) is 1. The number of piperazine rings is 1. The van der Waals surface area contributed by atoms with Crippen LogP contribution in [-0.2, 0) is 18.0 Å². The van der Waals surface area contributed by atoms with Crippen molar-refractivity contribution in [2.75, 3.05) is 19.6 Å². The first-order chi connectivity index (χ1) is 8.74. The molecule has 0 radical (unpaired) electrons. The van der Waals surface area contributed by atoms with E-state index in [-0.39, 0.29) is 5.91 Å². The molecule has 2 aliphatic rings. The first kappa shape index (κ1) is 11.7. The maximum Gasteiger partial charge on any atom is 0.253 e. The lowest BCUT2D eigenvalue weighted by molar-refractivity contribution is 0.0709. The molecular weight excluding hydrogens is 228 g/mol. The minimum Gasteiger partial charge on any atom is -0.372 e. The van der Waals surface area contributed by atoms with Crippen LogP contribution in [0.15, 0.2) is 18.2 Å². The average Bonchev–Trinajstić information content (AvgIpc) is 2.85. The fourth-order valence-corrected chi connectivity index (χ4v) is 2.60. The molecule has 2 heterocycles. The number of benzene rings is 1. The van der Waals surface area contributed by atoms with Crippen molar-refractivity contribution in [2.45, 2.75) is 26.2 Å². The summed E-state index contributed by atoms with van der Waals surface area (Å²) in [5, 5.41) is 3.35. The highest BCUT2D eigenvalue weighted by Gasteiger charge is 2.22. The van der Waals surface area contributed by atoms with Gasteiger partial charge in [-0.1, -0.05) is 6.07 Å². The first-order valence-electron chi connectivity index (χ1n) is 6.46. The molecule has 0 spiro atoms. The molecule has 0 aromatic heterocycles. The number of hydrogen-bond donors (Lipinski definition) is 1. The minimum atomic E-state index is 0.137. The monoisotopic (exact) mass is 246 g/mol. The van der Waals surface area contributed by atoms with Crippen LogP contribution in [0.5, 0.6) is 0 Å². The van der Waals surface area contributed by atoms with Gasteiger partial charge in [-0.3, -0.25) is 4.79 Å². The van der Waals surface area contributed by atoms with Crippen molar-refractivity contribution in [1.29, 1.82) is 0 Å². The van der Waals surface area contributed by atoms with Gasteiger partial charge in [-0.25, -0.2) is 0 Å². The second-order valence-corrected chi connectivity index (χ2v) is 5.08. The van der Waals surface area contributed by atoms with Gasteiger partial charge in [0.05, 0.1) is 13.2 Å². The van der Waals surface area contributed by atoms with Crippen molar-refractivity contribution in [1.82, 2.24) is 10.2 Å². The topological polar surface area (TPSA) is 41.6 Å². The van der Waals surface area contributed by atoms with E-state index in [9.17, 15) is 4.79 Å². The SMILES string of the molecule is C[C@H]1CN(C(=O)c2ccc3c(c2)COC3)CCN1. The summed E-state index contributed by atoms with van der Waals surface area (Å²) in [5.74, 6) is 0.137. The normalized spacial score (nSPS) is 22.9. The molecule has 96 valence electrons. The highest BCUT2D eigenvalue weighted by molar-refractivity contribution is 5.94. The molecule has 0 unspecified atom stereocenters. The second-order valence-electron chi connectivity index (χ2n) is 5.08. The molecule has 3 rings (SSSR count). The number of amides is 1. The predicted octanol–water partition coefficient (Wildman–Crippen LogP) is 1.15. The third-order valence-corrected chi connectivity index (χ3v) is 3.62. The number of carbonyl (C=O) groups is 1. The van der Waals surface area contributed by atoms with Gasteiger partial charge < -0.3 is 15.0 Å². The summed E-state index contributed by atoms with van der Waals surface area (Å²) in [5.41, 5.74) is 3.15. The van der Waals surface area contributed by atoms with E-state index in [1.165, 1.54) is 5.56 Å². The average molecular weight is 246 g/mol. The Morgan fingerprint density at radius 2 is 2.22 bits per heavy atom. The number of hydrogen-bond acceptors (Lipinski definition) is 3. The summed E-state index contributed by atoms with van der Waals surface area (Å²) in [7, 11) is 0. The van der Waals surface area contributed by atoms with Crippen LogP contribution in [0.2, 0.25) is 0 Å². The van der Waals surface area contributed by atoms with E-state index in [0.717, 1.165) is 30.8 Å². The van der Waals surface area contributed by atoms with Crippen molar-refractivity contribution in [3.63, 3.8) is 0 Å². The summed E-state index contributed by atoms with van der Waals surface area (Å²) in [4.78, 5) is 14.3. The Labute approximate surface area is 107 Å².